The Kier molecular flexibility index (Phi) is 3.04. The van der Waals surface area contributed by atoms with Gasteiger partial charge >= 0.3 is 18.3 Å². The van der Waals surface area contributed by atoms with E-state index in [1.807, 2.05) is 0 Å². The van der Waals surface area contributed by atoms with Crippen LogP contribution < -0.4 is 4.90 Å². The highest BCUT2D eigenvalue weighted by atomic mass is 19.3. The Morgan fingerprint density at radius 2 is 2.00 bits per heavy atom. The molecular weight excluding hydrogens is 250 g/mol. The van der Waals surface area contributed by atoms with Crippen LogP contribution in [0.15, 0.2) is 24.3 Å². The summed E-state index contributed by atoms with van der Waals surface area (Å²) >= 11 is 0. The van der Waals surface area contributed by atoms with Gasteiger partial charge < -0.3 is 4.90 Å². The van der Waals surface area contributed by atoms with Gasteiger partial charge in [-0.15, -0.1) is 0 Å². The summed E-state index contributed by atoms with van der Waals surface area (Å²) in [6, 6.07) is 5.93. The summed E-state index contributed by atoms with van der Waals surface area (Å²) in [6.45, 7) is 1.56. The molecule has 1 aromatic rings. The molecule has 2 nitrogen and oxygen atoms in total. The normalized spacial score (nSPS) is 19.2. The molecule has 0 bridgehead atoms. The van der Waals surface area contributed by atoms with Crippen LogP contribution in [0.4, 0.5) is 23.2 Å². The quantitative estimate of drug-likeness (QED) is 0.750. The molecule has 1 aliphatic rings. The van der Waals surface area contributed by atoms with Crippen LogP contribution >= 0.6 is 0 Å². The van der Waals surface area contributed by atoms with E-state index in [0.717, 1.165) is 4.90 Å². The maximum atomic E-state index is 13.1. The van der Waals surface area contributed by atoms with Crippen LogP contribution in [0.5, 0.6) is 0 Å². The topological polar surface area (TPSA) is 20.3 Å². The lowest BCUT2D eigenvalue weighted by Crippen LogP contribution is -2.50. The highest BCUT2D eigenvalue weighted by molar-refractivity contribution is 6.00. The smallest absolute Gasteiger partial charge is 0.304 e. The molecule has 0 saturated carbocycles. The van der Waals surface area contributed by atoms with E-state index in [0.29, 0.717) is 12.0 Å². The fraction of sp³-hybridized carbons (Fsp3) is 0.417. The Morgan fingerprint density at radius 1 is 1.39 bits per heavy atom. The van der Waals surface area contributed by atoms with Crippen molar-refractivity contribution in [3.8, 4) is 0 Å². The lowest BCUT2D eigenvalue weighted by atomic mass is 10.1. The lowest BCUT2D eigenvalue weighted by Gasteiger charge is -2.26. The fourth-order valence-electron chi connectivity index (χ4n) is 2.13. The molecular formula is C12H11F4NO. The first-order valence-corrected chi connectivity index (χ1v) is 5.43. The molecule has 0 aliphatic carbocycles. The number of hydrogen-bond acceptors (Lipinski definition) is 1. The SMILES string of the molecule is CC1Cc2ccccc2N1C(=O)C(F)(F)C(F)F. The molecule has 18 heavy (non-hydrogen) atoms. The number of carbonyl (C=O) groups is 1. The summed E-state index contributed by atoms with van der Waals surface area (Å²) in [5.74, 6) is -6.49. The minimum Gasteiger partial charge on any atom is -0.304 e. The molecule has 6 heteroatoms. The molecule has 0 fully saturated rings. The first-order chi connectivity index (χ1) is 8.35. The van der Waals surface area contributed by atoms with E-state index in [1.165, 1.54) is 6.07 Å². The predicted molar refractivity (Wildman–Crippen MR) is 58.0 cm³/mol. The zero-order valence-corrected chi connectivity index (χ0v) is 9.54. The molecule has 1 heterocycles. The molecule has 0 saturated heterocycles. The van der Waals surface area contributed by atoms with Gasteiger partial charge in [-0.05, 0) is 25.0 Å². The Balaban J connectivity index is 2.38. The Bertz CT molecular complexity index is 475. The van der Waals surface area contributed by atoms with Gasteiger partial charge in [-0.2, -0.15) is 8.78 Å². The van der Waals surface area contributed by atoms with Crippen molar-refractivity contribution in [3.63, 3.8) is 0 Å². The number of amides is 1. The molecule has 98 valence electrons. The van der Waals surface area contributed by atoms with Crippen molar-refractivity contribution in [2.24, 2.45) is 0 Å². The third-order valence-corrected chi connectivity index (χ3v) is 2.99. The lowest BCUT2D eigenvalue weighted by molar-refractivity contribution is -0.166. The van der Waals surface area contributed by atoms with Crippen molar-refractivity contribution < 1.29 is 22.4 Å². The van der Waals surface area contributed by atoms with Crippen molar-refractivity contribution in [1.82, 2.24) is 0 Å². The van der Waals surface area contributed by atoms with E-state index < -0.39 is 24.3 Å². The summed E-state index contributed by atoms with van der Waals surface area (Å²) in [6.07, 6.45) is -3.61. The second-order valence-electron chi connectivity index (χ2n) is 4.28. The first-order valence-electron chi connectivity index (χ1n) is 5.43. The van der Waals surface area contributed by atoms with Crippen LogP contribution in [-0.2, 0) is 11.2 Å². The van der Waals surface area contributed by atoms with Gasteiger partial charge in [-0.3, -0.25) is 4.79 Å². The van der Waals surface area contributed by atoms with Crippen LogP contribution in [0.25, 0.3) is 0 Å². The zero-order chi connectivity index (χ0) is 13.5. The molecule has 0 radical (unpaired) electrons. The van der Waals surface area contributed by atoms with Gasteiger partial charge in [0.15, 0.2) is 0 Å². The Morgan fingerprint density at radius 3 is 2.61 bits per heavy atom. The average molecular weight is 261 g/mol. The second kappa shape index (κ2) is 4.26. The standard InChI is InChI=1S/C12H11F4NO/c1-7-6-8-4-2-3-5-9(8)17(7)11(18)12(15,16)10(13)14/h2-5,7,10H,6H2,1H3. The number of rotatable bonds is 2. The minimum atomic E-state index is -4.65. The summed E-state index contributed by atoms with van der Waals surface area (Å²) in [5.41, 5.74) is 0.999. The van der Waals surface area contributed by atoms with Crippen LogP contribution in [0.1, 0.15) is 12.5 Å². The van der Waals surface area contributed by atoms with Crippen molar-refractivity contribution in [3.05, 3.63) is 29.8 Å². The minimum absolute atomic E-state index is 0.287. The van der Waals surface area contributed by atoms with E-state index in [-0.39, 0.29) is 5.69 Å². The highest BCUT2D eigenvalue weighted by Crippen LogP contribution is 2.36. The van der Waals surface area contributed by atoms with Crippen LogP contribution in [0.3, 0.4) is 0 Å². The number of anilines is 1. The van der Waals surface area contributed by atoms with E-state index in [1.54, 1.807) is 25.1 Å². The molecule has 1 unspecified atom stereocenters. The first kappa shape index (κ1) is 12.9. The molecule has 1 amide bonds. The number of alkyl halides is 4. The van der Waals surface area contributed by atoms with Gasteiger partial charge in [-0.1, -0.05) is 18.2 Å². The number of benzene rings is 1. The summed E-state index contributed by atoms with van der Waals surface area (Å²) < 4.78 is 50.7. The molecule has 0 spiro atoms. The van der Waals surface area contributed by atoms with Gasteiger partial charge in [0.05, 0.1) is 0 Å². The van der Waals surface area contributed by atoms with E-state index in [9.17, 15) is 22.4 Å². The van der Waals surface area contributed by atoms with E-state index >= 15 is 0 Å². The number of carbonyl (C=O) groups excluding carboxylic acids is 1. The number of nitrogens with zero attached hydrogens (tertiary/aromatic N) is 1. The number of halogens is 4. The molecule has 1 aromatic carbocycles. The van der Waals surface area contributed by atoms with Crippen LogP contribution in [0, 0.1) is 0 Å². The van der Waals surface area contributed by atoms with Crippen LogP contribution in [0.2, 0.25) is 0 Å². The maximum absolute atomic E-state index is 13.1. The van der Waals surface area contributed by atoms with Crippen molar-refractivity contribution in [1.29, 1.82) is 0 Å². The van der Waals surface area contributed by atoms with E-state index in [2.05, 4.69) is 0 Å². The number of hydrogen-bond donors (Lipinski definition) is 0. The van der Waals surface area contributed by atoms with Gasteiger partial charge in [0.1, 0.15) is 0 Å². The highest BCUT2D eigenvalue weighted by Gasteiger charge is 2.53. The van der Waals surface area contributed by atoms with Gasteiger partial charge in [0.2, 0.25) is 0 Å². The van der Waals surface area contributed by atoms with Crippen molar-refractivity contribution >= 4 is 11.6 Å². The van der Waals surface area contributed by atoms with Gasteiger partial charge in [-0.25, -0.2) is 8.78 Å². The third kappa shape index (κ3) is 1.85. The van der Waals surface area contributed by atoms with Gasteiger partial charge in [0, 0.05) is 11.7 Å². The number of para-hydroxylation sites is 1. The fourth-order valence-corrected chi connectivity index (χ4v) is 2.13. The van der Waals surface area contributed by atoms with Crippen molar-refractivity contribution in [2.75, 3.05) is 4.90 Å². The monoisotopic (exact) mass is 261 g/mol. The summed E-state index contributed by atoms with van der Waals surface area (Å²) in [5, 5.41) is 0. The Hall–Kier alpha value is -1.59. The van der Waals surface area contributed by atoms with Crippen LogP contribution in [-0.4, -0.2) is 24.3 Å². The largest absolute Gasteiger partial charge is 0.384 e. The molecule has 0 aromatic heterocycles. The molecule has 2 rings (SSSR count). The predicted octanol–water partition coefficient (Wildman–Crippen LogP) is 2.86. The maximum Gasteiger partial charge on any atom is 0.384 e. The molecule has 0 N–H and O–H groups in total. The number of fused-ring (bicyclic) bond motifs is 1. The molecule has 1 atom stereocenters. The van der Waals surface area contributed by atoms with Gasteiger partial charge in [0.25, 0.3) is 0 Å². The van der Waals surface area contributed by atoms with E-state index in [4.69, 9.17) is 0 Å². The second-order valence-corrected chi connectivity index (χ2v) is 4.28. The third-order valence-electron chi connectivity index (χ3n) is 2.99. The Labute approximate surface area is 101 Å². The van der Waals surface area contributed by atoms with Crippen molar-refractivity contribution in [2.45, 2.75) is 31.7 Å². The molecule has 1 aliphatic heterocycles. The summed E-state index contributed by atoms with van der Waals surface area (Å²) in [4.78, 5) is 12.3. The zero-order valence-electron chi connectivity index (χ0n) is 9.54. The average Bonchev–Trinajstić information content (AvgIpc) is 2.63. The summed E-state index contributed by atoms with van der Waals surface area (Å²) in [7, 11) is 0.